The number of anilines is 2. The highest BCUT2D eigenvalue weighted by molar-refractivity contribution is 6.34. The number of carbonyl (C=O) groups is 1. The molecule has 5 rings (SSSR count). The minimum absolute atomic E-state index is 0.0332. The minimum atomic E-state index is -0.655. The van der Waals surface area contributed by atoms with Crippen LogP contribution in [0.4, 0.5) is 15.9 Å². The lowest BCUT2D eigenvalue weighted by Crippen LogP contribution is -2.26. The van der Waals surface area contributed by atoms with Crippen molar-refractivity contribution in [1.29, 1.82) is 0 Å². The molecule has 3 aromatic heterocycles. The van der Waals surface area contributed by atoms with E-state index in [1.165, 1.54) is 55.1 Å². The predicted molar refractivity (Wildman–Crippen MR) is 126 cm³/mol. The van der Waals surface area contributed by atoms with Gasteiger partial charge >= 0.3 is 6.01 Å². The van der Waals surface area contributed by atoms with Crippen LogP contribution in [0.5, 0.6) is 11.8 Å². The van der Waals surface area contributed by atoms with Crippen molar-refractivity contribution in [2.75, 3.05) is 11.1 Å². The van der Waals surface area contributed by atoms with Crippen LogP contribution in [0.15, 0.2) is 59.9 Å². The first-order valence-corrected chi connectivity index (χ1v) is 10.9. The summed E-state index contributed by atoms with van der Waals surface area (Å²) in [5.74, 6) is -0.770. The molecule has 35 heavy (non-hydrogen) atoms. The van der Waals surface area contributed by atoms with E-state index >= 15 is 0 Å². The van der Waals surface area contributed by atoms with Crippen molar-refractivity contribution in [2.24, 2.45) is 0 Å². The second-order valence-corrected chi connectivity index (χ2v) is 8.14. The van der Waals surface area contributed by atoms with Crippen LogP contribution in [0.3, 0.4) is 0 Å². The Morgan fingerprint density at radius 2 is 1.86 bits per heavy atom. The quantitative estimate of drug-likeness (QED) is 0.413. The third-order valence-corrected chi connectivity index (χ3v) is 5.57. The third-order valence-electron chi connectivity index (χ3n) is 5.19. The highest BCUT2D eigenvalue weighted by Crippen LogP contribution is 2.34. The number of hydrogen-bond donors (Lipinski definition) is 2. The number of nitrogen functional groups attached to an aromatic ring is 1. The van der Waals surface area contributed by atoms with Crippen molar-refractivity contribution in [3.8, 4) is 23.0 Å². The highest BCUT2D eigenvalue weighted by Gasteiger charge is 2.27. The molecule has 10 nitrogen and oxygen atoms in total. The fraction of sp³-hybridized carbons (Fsp3) is 0.130. The molecule has 1 saturated carbocycles. The van der Waals surface area contributed by atoms with Gasteiger partial charge in [0.15, 0.2) is 5.75 Å². The molecule has 0 saturated heterocycles. The molecular weight excluding hydrogens is 477 g/mol. The number of rotatable bonds is 6. The Kier molecular flexibility index (Phi) is 5.83. The average molecular weight is 494 g/mol. The Morgan fingerprint density at radius 3 is 2.54 bits per heavy atom. The Morgan fingerprint density at radius 1 is 1.14 bits per heavy atom. The van der Waals surface area contributed by atoms with Crippen LogP contribution in [-0.2, 0) is 0 Å². The van der Waals surface area contributed by atoms with Crippen LogP contribution in [0, 0.1) is 5.82 Å². The predicted octanol–water partition coefficient (Wildman–Crippen LogP) is 3.85. The topological polar surface area (TPSA) is 138 Å². The maximum Gasteiger partial charge on any atom is 0.322 e. The number of benzene rings is 1. The van der Waals surface area contributed by atoms with E-state index in [1.54, 1.807) is 4.68 Å². The lowest BCUT2D eigenvalue weighted by Gasteiger charge is -2.11. The van der Waals surface area contributed by atoms with Gasteiger partial charge in [-0.15, -0.1) is 0 Å². The van der Waals surface area contributed by atoms with E-state index < -0.39 is 17.2 Å². The number of nitrogens with zero attached hydrogens (tertiary/aromatic N) is 5. The molecule has 3 heterocycles. The number of halogens is 2. The summed E-state index contributed by atoms with van der Waals surface area (Å²) in [6, 6.07) is 6.95. The smallest absolute Gasteiger partial charge is 0.322 e. The SMILES string of the molecule is Nc1nccc(Oc2ncc(NC(=O)c3cn(C4CC4)nc(-c4ccc(F)cc4)c3=O)cn2)c1Cl. The van der Waals surface area contributed by atoms with E-state index in [9.17, 15) is 14.0 Å². The third kappa shape index (κ3) is 4.80. The monoisotopic (exact) mass is 493 g/mol. The number of aromatic nitrogens is 5. The van der Waals surface area contributed by atoms with Gasteiger partial charge in [0.05, 0.1) is 24.1 Å². The largest absolute Gasteiger partial charge is 0.422 e. The average Bonchev–Trinajstić information content (AvgIpc) is 3.70. The molecule has 0 atom stereocenters. The van der Waals surface area contributed by atoms with E-state index in [1.807, 2.05) is 0 Å². The Hall–Kier alpha value is -4.38. The van der Waals surface area contributed by atoms with Crippen LogP contribution >= 0.6 is 11.6 Å². The lowest BCUT2D eigenvalue weighted by molar-refractivity contribution is 0.102. The summed E-state index contributed by atoms with van der Waals surface area (Å²) in [5.41, 5.74) is 5.69. The summed E-state index contributed by atoms with van der Waals surface area (Å²) in [7, 11) is 0. The summed E-state index contributed by atoms with van der Waals surface area (Å²) in [6.45, 7) is 0. The number of ether oxygens (including phenoxy) is 1. The molecular formula is C23H17ClFN7O3. The molecule has 0 aliphatic heterocycles. The van der Waals surface area contributed by atoms with Crippen LogP contribution in [0.1, 0.15) is 29.2 Å². The molecule has 0 bridgehead atoms. The summed E-state index contributed by atoms with van der Waals surface area (Å²) < 4.78 is 20.5. The van der Waals surface area contributed by atoms with Crippen molar-refractivity contribution in [1.82, 2.24) is 24.7 Å². The van der Waals surface area contributed by atoms with Crippen LogP contribution in [0.2, 0.25) is 5.02 Å². The maximum absolute atomic E-state index is 13.4. The van der Waals surface area contributed by atoms with E-state index in [-0.39, 0.29) is 45.6 Å². The number of nitrogens with two attached hydrogens (primary N) is 1. The van der Waals surface area contributed by atoms with Crippen LogP contribution in [0.25, 0.3) is 11.3 Å². The molecule has 1 aromatic carbocycles. The first-order chi connectivity index (χ1) is 16.9. The molecule has 3 N–H and O–H groups in total. The second-order valence-electron chi connectivity index (χ2n) is 7.76. The van der Waals surface area contributed by atoms with Gasteiger partial charge in [-0.25, -0.2) is 19.3 Å². The standard InChI is InChI=1S/C23H17ClFN7O3/c24-18-17(7-8-27-21(18)26)35-23-28-9-14(10-29-23)30-22(34)16-11-32(15-5-6-15)31-19(20(16)33)12-1-3-13(25)4-2-12/h1-4,7-11,15H,5-6H2,(H2,26,27)(H,30,34). The summed E-state index contributed by atoms with van der Waals surface area (Å²) in [4.78, 5) is 38.0. The van der Waals surface area contributed by atoms with Crippen LogP contribution in [-0.4, -0.2) is 30.6 Å². The number of amides is 1. The minimum Gasteiger partial charge on any atom is -0.422 e. The van der Waals surface area contributed by atoms with Crippen molar-refractivity contribution < 1.29 is 13.9 Å². The summed E-state index contributed by atoms with van der Waals surface area (Å²) in [6.07, 6.45) is 7.27. The normalized spacial score (nSPS) is 12.9. The van der Waals surface area contributed by atoms with E-state index in [2.05, 4.69) is 25.4 Å². The molecule has 4 aromatic rings. The Bertz CT molecular complexity index is 1470. The van der Waals surface area contributed by atoms with Gasteiger partial charge in [-0.3, -0.25) is 14.3 Å². The first kappa shape index (κ1) is 22.4. The van der Waals surface area contributed by atoms with Gasteiger partial charge in [0.25, 0.3) is 5.91 Å². The fourth-order valence-corrected chi connectivity index (χ4v) is 3.39. The van der Waals surface area contributed by atoms with E-state index in [0.717, 1.165) is 12.8 Å². The molecule has 1 amide bonds. The molecule has 0 spiro atoms. The molecule has 12 heteroatoms. The van der Waals surface area contributed by atoms with Gasteiger partial charge < -0.3 is 15.8 Å². The maximum atomic E-state index is 13.4. The van der Waals surface area contributed by atoms with Gasteiger partial charge in [-0.05, 0) is 37.1 Å². The van der Waals surface area contributed by atoms with Gasteiger partial charge in [0, 0.05) is 24.0 Å². The zero-order valence-electron chi connectivity index (χ0n) is 18.0. The Balaban J connectivity index is 1.39. The van der Waals surface area contributed by atoms with E-state index in [4.69, 9.17) is 22.1 Å². The van der Waals surface area contributed by atoms with Gasteiger partial charge in [0.2, 0.25) is 5.43 Å². The number of nitrogens with one attached hydrogen (secondary N) is 1. The van der Waals surface area contributed by atoms with Crippen molar-refractivity contribution in [2.45, 2.75) is 18.9 Å². The molecule has 1 aliphatic rings. The van der Waals surface area contributed by atoms with Gasteiger partial charge in [-0.2, -0.15) is 5.10 Å². The Labute approximate surface area is 202 Å². The number of hydrogen-bond acceptors (Lipinski definition) is 8. The van der Waals surface area contributed by atoms with Gasteiger partial charge in [0.1, 0.15) is 27.9 Å². The van der Waals surface area contributed by atoms with Crippen molar-refractivity contribution >= 4 is 29.0 Å². The first-order valence-electron chi connectivity index (χ1n) is 10.5. The summed E-state index contributed by atoms with van der Waals surface area (Å²) >= 11 is 6.05. The fourth-order valence-electron chi connectivity index (χ4n) is 3.24. The molecule has 1 fully saturated rings. The molecule has 0 radical (unpaired) electrons. The van der Waals surface area contributed by atoms with Crippen molar-refractivity contribution in [3.05, 3.63) is 81.7 Å². The molecule has 1 aliphatic carbocycles. The highest BCUT2D eigenvalue weighted by atomic mass is 35.5. The lowest BCUT2D eigenvalue weighted by atomic mass is 10.1. The van der Waals surface area contributed by atoms with Crippen LogP contribution < -0.4 is 21.2 Å². The molecule has 176 valence electrons. The number of carbonyl (C=O) groups excluding carboxylic acids is 1. The zero-order valence-corrected chi connectivity index (χ0v) is 18.7. The second kappa shape index (κ2) is 9.11. The van der Waals surface area contributed by atoms with E-state index in [0.29, 0.717) is 5.56 Å². The molecule has 0 unspecified atom stereocenters. The van der Waals surface area contributed by atoms with Crippen molar-refractivity contribution in [3.63, 3.8) is 0 Å². The summed E-state index contributed by atoms with van der Waals surface area (Å²) in [5, 5.41) is 7.11. The van der Waals surface area contributed by atoms with Gasteiger partial charge in [-0.1, -0.05) is 11.6 Å². The number of pyridine rings is 1. The zero-order chi connectivity index (χ0) is 24.5.